The lowest BCUT2D eigenvalue weighted by molar-refractivity contribution is -0.123. The van der Waals surface area contributed by atoms with Crippen LogP contribution in [-0.4, -0.2) is 38.7 Å². The summed E-state index contributed by atoms with van der Waals surface area (Å²) in [5, 5.41) is 20.5. The summed E-state index contributed by atoms with van der Waals surface area (Å²) >= 11 is 0. The van der Waals surface area contributed by atoms with Gasteiger partial charge in [-0.05, 0) is 36.6 Å². The lowest BCUT2D eigenvalue weighted by Gasteiger charge is -2.22. The highest BCUT2D eigenvalue weighted by atomic mass is 16.3. The number of rotatable bonds is 4. The molecule has 0 radical (unpaired) electrons. The molecule has 0 bridgehead atoms. The lowest BCUT2D eigenvalue weighted by Crippen LogP contribution is -2.36. The minimum absolute atomic E-state index is 0.113. The van der Waals surface area contributed by atoms with Crippen molar-refractivity contribution in [3.05, 3.63) is 42.6 Å². The van der Waals surface area contributed by atoms with E-state index in [0.29, 0.717) is 18.9 Å². The van der Waals surface area contributed by atoms with Gasteiger partial charge in [0, 0.05) is 25.1 Å². The van der Waals surface area contributed by atoms with Gasteiger partial charge in [-0.2, -0.15) is 0 Å². The molecule has 7 nitrogen and oxygen atoms in total. The maximum absolute atomic E-state index is 11.5. The van der Waals surface area contributed by atoms with Gasteiger partial charge in [-0.1, -0.05) is 12.1 Å². The second kappa shape index (κ2) is 6.43. The number of piperidine rings is 1. The third-order valence-electron chi connectivity index (χ3n) is 4.42. The monoisotopic (exact) mass is 337 g/mol. The number of carbonyl (C=O) groups excluding carboxylic acids is 1. The smallest absolute Gasteiger partial charge is 0.220 e. The molecule has 3 aromatic rings. The molecule has 1 fully saturated rings. The van der Waals surface area contributed by atoms with E-state index in [0.717, 1.165) is 35.7 Å². The summed E-state index contributed by atoms with van der Waals surface area (Å²) < 4.78 is 1.75. The number of amides is 1. The van der Waals surface area contributed by atoms with Gasteiger partial charge in [-0.3, -0.25) is 4.79 Å². The second-order valence-electron chi connectivity index (χ2n) is 6.27. The number of carbonyl (C=O) groups is 1. The third kappa shape index (κ3) is 3.26. The topological polar surface area (TPSA) is 91.5 Å². The van der Waals surface area contributed by atoms with Gasteiger partial charge in [0.2, 0.25) is 5.91 Å². The second-order valence-corrected chi connectivity index (χ2v) is 6.27. The maximum Gasteiger partial charge on any atom is 0.220 e. The number of fused-ring (bicyclic) bond motifs is 1. The SMILES string of the molecule is O=C1CC(CNc2ccc3ncc(-c4cccc(O)c4)n3n2)CCN1. The average molecular weight is 337 g/mol. The van der Waals surface area contributed by atoms with Crippen molar-refractivity contribution in [2.45, 2.75) is 12.8 Å². The fourth-order valence-electron chi connectivity index (χ4n) is 3.10. The summed E-state index contributed by atoms with van der Waals surface area (Å²) in [4.78, 5) is 15.8. The zero-order chi connectivity index (χ0) is 17.2. The van der Waals surface area contributed by atoms with Crippen molar-refractivity contribution in [3.8, 4) is 17.0 Å². The lowest BCUT2D eigenvalue weighted by atomic mass is 9.98. The Hall–Kier alpha value is -3.09. The first kappa shape index (κ1) is 15.4. The molecule has 2 aromatic heterocycles. The Morgan fingerprint density at radius 1 is 1.32 bits per heavy atom. The molecule has 128 valence electrons. The number of aromatic hydroxyl groups is 1. The van der Waals surface area contributed by atoms with E-state index < -0.39 is 0 Å². The minimum Gasteiger partial charge on any atom is -0.508 e. The molecule has 1 aromatic carbocycles. The molecule has 1 aliphatic rings. The van der Waals surface area contributed by atoms with Gasteiger partial charge in [0.05, 0.1) is 11.9 Å². The first-order chi connectivity index (χ1) is 12.2. The van der Waals surface area contributed by atoms with Crippen molar-refractivity contribution in [1.82, 2.24) is 19.9 Å². The molecule has 3 heterocycles. The largest absolute Gasteiger partial charge is 0.508 e. The Bertz CT molecular complexity index is 921. The van der Waals surface area contributed by atoms with Crippen molar-refractivity contribution in [3.63, 3.8) is 0 Å². The highest BCUT2D eigenvalue weighted by molar-refractivity contribution is 5.76. The van der Waals surface area contributed by atoms with E-state index in [1.165, 1.54) is 0 Å². The molecule has 3 N–H and O–H groups in total. The fourth-order valence-corrected chi connectivity index (χ4v) is 3.10. The maximum atomic E-state index is 11.5. The van der Waals surface area contributed by atoms with Gasteiger partial charge < -0.3 is 15.7 Å². The molecule has 0 aliphatic carbocycles. The standard InChI is InChI=1S/C18H19N5O2/c24-14-3-1-2-13(9-14)15-11-21-17-5-4-16(22-23(15)17)20-10-12-6-7-19-18(25)8-12/h1-5,9,11-12,24H,6-8,10H2,(H,19,25)(H,20,22). The Morgan fingerprint density at radius 3 is 3.08 bits per heavy atom. The predicted octanol–water partition coefficient (Wildman–Crippen LogP) is 2.04. The van der Waals surface area contributed by atoms with Crippen LogP contribution >= 0.6 is 0 Å². The van der Waals surface area contributed by atoms with Crippen LogP contribution in [-0.2, 0) is 4.79 Å². The highest BCUT2D eigenvalue weighted by Gasteiger charge is 2.18. The Morgan fingerprint density at radius 2 is 2.24 bits per heavy atom. The summed E-state index contributed by atoms with van der Waals surface area (Å²) in [7, 11) is 0. The third-order valence-corrected chi connectivity index (χ3v) is 4.42. The molecule has 0 spiro atoms. The van der Waals surface area contributed by atoms with Crippen LogP contribution in [0, 0.1) is 5.92 Å². The molecule has 7 heteroatoms. The molecule has 1 saturated heterocycles. The summed E-state index contributed by atoms with van der Waals surface area (Å²) in [6.45, 7) is 1.45. The van der Waals surface area contributed by atoms with E-state index in [1.807, 2.05) is 18.2 Å². The Kier molecular flexibility index (Phi) is 3.97. The van der Waals surface area contributed by atoms with Crippen LogP contribution in [0.2, 0.25) is 0 Å². The number of hydrogen-bond donors (Lipinski definition) is 3. The highest BCUT2D eigenvalue weighted by Crippen LogP contribution is 2.24. The van der Waals surface area contributed by atoms with Gasteiger partial charge in [-0.15, -0.1) is 5.10 Å². The number of benzene rings is 1. The molecule has 1 unspecified atom stereocenters. The van der Waals surface area contributed by atoms with Crippen molar-refractivity contribution in [2.75, 3.05) is 18.4 Å². The minimum atomic E-state index is 0.113. The van der Waals surface area contributed by atoms with Crippen molar-refractivity contribution in [2.24, 2.45) is 5.92 Å². The molecule has 4 rings (SSSR count). The number of nitrogens with one attached hydrogen (secondary N) is 2. The van der Waals surface area contributed by atoms with E-state index in [-0.39, 0.29) is 11.7 Å². The van der Waals surface area contributed by atoms with E-state index in [1.54, 1.807) is 28.9 Å². The molecular formula is C18H19N5O2. The van der Waals surface area contributed by atoms with Gasteiger partial charge in [-0.25, -0.2) is 9.50 Å². The van der Waals surface area contributed by atoms with Crippen LogP contribution in [0.3, 0.4) is 0 Å². The quantitative estimate of drug-likeness (QED) is 0.678. The number of nitrogens with zero attached hydrogens (tertiary/aromatic N) is 3. The first-order valence-corrected chi connectivity index (χ1v) is 8.34. The van der Waals surface area contributed by atoms with Crippen molar-refractivity contribution >= 4 is 17.4 Å². The number of anilines is 1. The van der Waals surface area contributed by atoms with E-state index in [9.17, 15) is 9.90 Å². The zero-order valence-corrected chi connectivity index (χ0v) is 13.6. The van der Waals surface area contributed by atoms with Crippen LogP contribution in [0.25, 0.3) is 16.9 Å². The summed E-state index contributed by atoms with van der Waals surface area (Å²) in [5.41, 5.74) is 2.40. The predicted molar refractivity (Wildman–Crippen MR) is 94.3 cm³/mol. The molecule has 1 atom stereocenters. The van der Waals surface area contributed by atoms with Crippen molar-refractivity contribution in [1.29, 1.82) is 0 Å². The molecule has 25 heavy (non-hydrogen) atoms. The first-order valence-electron chi connectivity index (χ1n) is 8.34. The Balaban J connectivity index is 1.57. The zero-order valence-electron chi connectivity index (χ0n) is 13.6. The average Bonchev–Trinajstić information content (AvgIpc) is 3.03. The van der Waals surface area contributed by atoms with Crippen LogP contribution in [0.5, 0.6) is 5.75 Å². The summed E-state index contributed by atoms with van der Waals surface area (Å²) in [5.74, 6) is 1.37. The van der Waals surface area contributed by atoms with Crippen molar-refractivity contribution < 1.29 is 9.90 Å². The Labute approximate surface area is 144 Å². The summed E-state index contributed by atoms with van der Waals surface area (Å²) in [6.07, 6.45) is 3.27. The fraction of sp³-hybridized carbons (Fsp3) is 0.278. The summed E-state index contributed by atoms with van der Waals surface area (Å²) in [6, 6.07) is 10.8. The number of aromatic nitrogens is 3. The molecular weight excluding hydrogens is 318 g/mol. The van der Waals surface area contributed by atoms with Crippen LogP contribution in [0.4, 0.5) is 5.82 Å². The van der Waals surface area contributed by atoms with E-state index >= 15 is 0 Å². The number of phenols is 1. The number of imidazole rings is 1. The van der Waals surface area contributed by atoms with E-state index in [2.05, 4.69) is 20.7 Å². The molecule has 1 aliphatic heterocycles. The number of phenolic OH excluding ortho intramolecular Hbond substituents is 1. The molecule has 0 saturated carbocycles. The van der Waals surface area contributed by atoms with Crippen LogP contribution in [0.1, 0.15) is 12.8 Å². The van der Waals surface area contributed by atoms with Gasteiger partial charge >= 0.3 is 0 Å². The molecule has 1 amide bonds. The van der Waals surface area contributed by atoms with Gasteiger partial charge in [0.25, 0.3) is 0 Å². The normalized spacial score (nSPS) is 17.4. The van der Waals surface area contributed by atoms with Gasteiger partial charge in [0.1, 0.15) is 11.6 Å². The van der Waals surface area contributed by atoms with E-state index in [4.69, 9.17) is 0 Å². The van der Waals surface area contributed by atoms with Crippen LogP contribution in [0.15, 0.2) is 42.6 Å². The van der Waals surface area contributed by atoms with Crippen LogP contribution < -0.4 is 10.6 Å². The number of hydrogen-bond acceptors (Lipinski definition) is 5. The van der Waals surface area contributed by atoms with Gasteiger partial charge in [0.15, 0.2) is 5.65 Å².